The number of aliphatic hydroxyl groups excluding tert-OH is 2. The van der Waals surface area contributed by atoms with E-state index in [1.54, 1.807) is 18.2 Å². The van der Waals surface area contributed by atoms with Crippen LogP contribution in [0.2, 0.25) is 0 Å². The lowest BCUT2D eigenvalue weighted by molar-refractivity contribution is -0.000695. The van der Waals surface area contributed by atoms with Crippen LogP contribution in [0.4, 0.5) is 0 Å². The number of phenols is 2. The lowest BCUT2D eigenvalue weighted by Gasteiger charge is -2.25. The Labute approximate surface area is 243 Å². The third-order valence-electron chi connectivity index (χ3n) is 7.97. The average molecular weight is 585 g/mol. The standard InChI is InChI=1S/C31H36O11/c1-36-23-9-16(5-7-21(23)33)28(34)27(13-32)42-22-8-6-17(10-24(22)37-2)30-19-14-41-31(20(19)15-40-30)18-11-25(38-3)29(35)26(12-18)39-4/h5-12,19-20,27-28,30-35H,13-15H2,1-4H3/t19-,20-,27+,28-,30+,31+/m1/s1. The zero-order valence-corrected chi connectivity index (χ0v) is 23.9. The minimum Gasteiger partial charge on any atom is -0.504 e. The van der Waals surface area contributed by atoms with Crippen LogP contribution in [0.15, 0.2) is 48.5 Å². The summed E-state index contributed by atoms with van der Waals surface area (Å²) in [6, 6.07) is 13.4. The number of benzene rings is 3. The van der Waals surface area contributed by atoms with Gasteiger partial charge in [-0.05, 0) is 53.1 Å². The van der Waals surface area contributed by atoms with Gasteiger partial charge in [-0.15, -0.1) is 0 Å². The number of fused-ring (bicyclic) bond motifs is 1. The van der Waals surface area contributed by atoms with Gasteiger partial charge in [0, 0.05) is 11.8 Å². The van der Waals surface area contributed by atoms with Gasteiger partial charge in [-0.1, -0.05) is 12.1 Å². The molecule has 0 aliphatic carbocycles. The summed E-state index contributed by atoms with van der Waals surface area (Å²) >= 11 is 0. The number of hydrogen-bond donors (Lipinski definition) is 4. The minimum atomic E-state index is -1.21. The number of methoxy groups -OCH3 is 4. The lowest BCUT2D eigenvalue weighted by atomic mass is 9.84. The molecular weight excluding hydrogens is 548 g/mol. The first-order chi connectivity index (χ1) is 20.3. The van der Waals surface area contributed by atoms with E-state index in [1.165, 1.54) is 46.6 Å². The summed E-state index contributed by atoms with van der Waals surface area (Å²) < 4.78 is 39.9. The molecular formula is C31H36O11. The number of phenolic OH excluding ortho intramolecular Hbond substituents is 2. The molecule has 2 fully saturated rings. The van der Waals surface area contributed by atoms with Gasteiger partial charge >= 0.3 is 0 Å². The summed E-state index contributed by atoms with van der Waals surface area (Å²) in [4.78, 5) is 0. The highest BCUT2D eigenvalue weighted by Gasteiger charge is 2.48. The Morgan fingerprint density at radius 1 is 0.714 bits per heavy atom. The van der Waals surface area contributed by atoms with Crippen LogP contribution in [0.25, 0.3) is 0 Å². The van der Waals surface area contributed by atoms with Gasteiger partial charge in [0.25, 0.3) is 0 Å². The maximum Gasteiger partial charge on any atom is 0.200 e. The summed E-state index contributed by atoms with van der Waals surface area (Å²) in [6.07, 6.45) is -2.75. The maximum atomic E-state index is 10.9. The van der Waals surface area contributed by atoms with Crippen LogP contribution in [-0.4, -0.2) is 74.8 Å². The van der Waals surface area contributed by atoms with E-state index in [2.05, 4.69) is 0 Å². The molecule has 2 saturated heterocycles. The van der Waals surface area contributed by atoms with Crippen molar-refractivity contribution in [1.82, 2.24) is 0 Å². The van der Waals surface area contributed by atoms with E-state index in [1.807, 2.05) is 12.1 Å². The van der Waals surface area contributed by atoms with Gasteiger partial charge in [0.05, 0.1) is 60.5 Å². The highest BCUT2D eigenvalue weighted by Crippen LogP contribution is 2.52. The van der Waals surface area contributed by atoms with E-state index in [4.69, 9.17) is 33.2 Å². The molecule has 226 valence electrons. The summed E-state index contributed by atoms with van der Waals surface area (Å²) in [5, 5.41) is 41.1. The van der Waals surface area contributed by atoms with Crippen molar-refractivity contribution in [3.8, 4) is 40.2 Å². The monoisotopic (exact) mass is 584 g/mol. The highest BCUT2D eigenvalue weighted by atomic mass is 16.5. The van der Waals surface area contributed by atoms with Crippen LogP contribution in [0.1, 0.15) is 35.0 Å². The molecule has 0 amide bonds. The molecule has 2 aliphatic heterocycles. The quantitative estimate of drug-likeness (QED) is 0.262. The van der Waals surface area contributed by atoms with Crippen molar-refractivity contribution < 1.29 is 53.6 Å². The molecule has 0 spiro atoms. The normalized spacial score (nSPS) is 22.7. The third kappa shape index (κ3) is 5.48. The number of hydrogen-bond acceptors (Lipinski definition) is 11. The Bertz CT molecular complexity index is 1370. The Morgan fingerprint density at radius 2 is 1.29 bits per heavy atom. The molecule has 6 atom stereocenters. The molecule has 11 heteroatoms. The van der Waals surface area contributed by atoms with Crippen molar-refractivity contribution in [3.63, 3.8) is 0 Å². The second-order valence-electron chi connectivity index (χ2n) is 10.2. The van der Waals surface area contributed by atoms with Crippen molar-refractivity contribution in [2.45, 2.75) is 24.4 Å². The minimum absolute atomic E-state index is 0.0621. The van der Waals surface area contributed by atoms with Gasteiger partial charge in [-0.25, -0.2) is 0 Å². The van der Waals surface area contributed by atoms with E-state index in [0.717, 1.165) is 11.1 Å². The second kappa shape index (κ2) is 12.5. The van der Waals surface area contributed by atoms with Crippen molar-refractivity contribution in [1.29, 1.82) is 0 Å². The summed E-state index contributed by atoms with van der Waals surface area (Å²) in [7, 11) is 5.90. The molecule has 42 heavy (non-hydrogen) atoms. The Morgan fingerprint density at radius 3 is 1.86 bits per heavy atom. The van der Waals surface area contributed by atoms with Gasteiger partial charge in [0.1, 0.15) is 6.10 Å². The topological polar surface area (TPSA) is 146 Å². The maximum absolute atomic E-state index is 10.9. The third-order valence-corrected chi connectivity index (χ3v) is 7.97. The Balaban J connectivity index is 1.33. The largest absolute Gasteiger partial charge is 0.504 e. The highest BCUT2D eigenvalue weighted by molar-refractivity contribution is 5.53. The lowest BCUT2D eigenvalue weighted by Crippen LogP contribution is -2.29. The zero-order valence-electron chi connectivity index (χ0n) is 23.9. The van der Waals surface area contributed by atoms with E-state index in [-0.39, 0.29) is 41.3 Å². The molecule has 0 radical (unpaired) electrons. The van der Waals surface area contributed by atoms with Crippen LogP contribution < -0.4 is 23.7 Å². The summed E-state index contributed by atoms with van der Waals surface area (Å²) in [5.41, 5.74) is 2.12. The average Bonchev–Trinajstić information content (AvgIpc) is 3.63. The van der Waals surface area contributed by atoms with Gasteiger partial charge in [-0.3, -0.25) is 0 Å². The van der Waals surface area contributed by atoms with Crippen LogP contribution >= 0.6 is 0 Å². The van der Waals surface area contributed by atoms with Gasteiger partial charge < -0.3 is 53.6 Å². The zero-order chi connectivity index (χ0) is 30.0. The molecule has 2 aliphatic rings. The predicted octanol–water partition coefficient (Wildman–Crippen LogP) is 3.68. The molecule has 2 heterocycles. The Kier molecular flexibility index (Phi) is 8.83. The van der Waals surface area contributed by atoms with Crippen molar-refractivity contribution in [2.24, 2.45) is 11.8 Å². The van der Waals surface area contributed by atoms with Crippen LogP contribution in [0, 0.1) is 11.8 Å². The van der Waals surface area contributed by atoms with Crippen LogP contribution in [0.5, 0.6) is 40.2 Å². The van der Waals surface area contributed by atoms with Gasteiger partial charge in [0.2, 0.25) is 5.75 Å². The van der Waals surface area contributed by atoms with Crippen LogP contribution in [-0.2, 0) is 9.47 Å². The predicted molar refractivity (Wildman–Crippen MR) is 150 cm³/mol. The number of aromatic hydroxyl groups is 2. The number of ether oxygens (including phenoxy) is 7. The summed E-state index contributed by atoms with van der Waals surface area (Å²) in [5.74, 6) is 1.56. The first-order valence-corrected chi connectivity index (χ1v) is 13.5. The molecule has 11 nitrogen and oxygen atoms in total. The first kappa shape index (κ1) is 29.6. The van der Waals surface area contributed by atoms with Gasteiger partial charge in [-0.2, -0.15) is 0 Å². The number of rotatable bonds is 11. The van der Waals surface area contributed by atoms with Crippen molar-refractivity contribution in [3.05, 3.63) is 65.2 Å². The van der Waals surface area contributed by atoms with E-state index in [0.29, 0.717) is 41.8 Å². The van der Waals surface area contributed by atoms with E-state index in [9.17, 15) is 20.4 Å². The fourth-order valence-corrected chi connectivity index (χ4v) is 5.73. The Hall–Kier alpha value is -3.90. The fraction of sp³-hybridized carbons (Fsp3) is 0.419. The van der Waals surface area contributed by atoms with Crippen LogP contribution in [0.3, 0.4) is 0 Å². The molecule has 5 rings (SSSR count). The van der Waals surface area contributed by atoms with Crippen molar-refractivity contribution >= 4 is 0 Å². The van der Waals surface area contributed by atoms with Gasteiger partial charge in [0.15, 0.2) is 40.6 Å². The smallest absolute Gasteiger partial charge is 0.200 e. The molecule has 3 aromatic carbocycles. The molecule has 0 saturated carbocycles. The molecule has 0 aromatic heterocycles. The SMILES string of the molecule is COc1cc([C@@H](O)[C@H](CO)Oc2ccc([C@@H]3OC[C@@H]4[C@H]3CO[C@H]4c3cc(OC)c(O)c(OC)c3)cc2OC)ccc1O. The fourth-order valence-electron chi connectivity index (χ4n) is 5.73. The first-order valence-electron chi connectivity index (χ1n) is 13.5. The van der Waals surface area contributed by atoms with Crippen molar-refractivity contribution in [2.75, 3.05) is 48.3 Å². The van der Waals surface area contributed by atoms with E-state index >= 15 is 0 Å². The number of aliphatic hydroxyl groups is 2. The van der Waals surface area contributed by atoms with E-state index < -0.39 is 18.8 Å². The summed E-state index contributed by atoms with van der Waals surface area (Å²) in [6.45, 7) is 0.470. The molecule has 0 unspecified atom stereocenters. The molecule has 0 bridgehead atoms. The molecule has 3 aromatic rings. The molecule has 4 N–H and O–H groups in total. The second-order valence-corrected chi connectivity index (χ2v) is 10.2.